The van der Waals surface area contributed by atoms with E-state index >= 15 is 0 Å². The first-order valence-corrected chi connectivity index (χ1v) is 8.22. The first-order chi connectivity index (χ1) is 11.6. The lowest BCUT2D eigenvalue weighted by Gasteiger charge is -2.32. The summed E-state index contributed by atoms with van der Waals surface area (Å²) < 4.78 is 21.8. The number of hydrogen-bond acceptors (Lipinski definition) is 6. The predicted molar refractivity (Wildman–Crippen MR) is 93.2 cm³/mol. The molecule has 1 aliphatic heterocycles. The van der Waals surface area contributed by atoms with Gasteiger partial charge < -0.3 is 18.8 Å². The lowest BCUT2D eigenvalue weighted by Crippen LogP contribution is -2.41. The minimum Gasteiger partial charge on any atom is -0.469 e. The van der Waals surface area contributed by atoms with E-state index < -0.39 is 30.1 Å². The Hall–Kier alpha value is -1.86. The Morgan fingerprint density at radius 3 is 2.20 bits per heavy atom. The van der Waals surface area contributed by atoms with E-state index in [1.54, 1.807) is 18.2 Å². The molecule has 25 heavy (non-hydrogen) atoms. The molecular weight excluding hydrogens is 323 g/mol. The van der Waals surface area contributed by atoms with Gasteiger partial charge in [-0.2, -0.15) is 0 Å². The van der Waals surface area contributed by atoms with Crippen molar-refractivity contribution in [1.29, 1.82) is 0 Å². The average Bonchev–Trinajstić information content (AvgIpc) is 2.79. The largest absolute Gasteiger partial charge is 0.469 e. The summed E-state index contributed by atoms with van der Waals surface area (Å²) >= 11 is 0. The van der Waals surface area contributed by atoms with Gasteiger partial charge in [-0.05, 0) is 45.4 Å². The monoisotopic (exact) mass is 348 g/mol. The first-order valence-electron chi connectivity index (χ1n) is 8.22. The van der Waals surface area contributed by atoms with Gasteiger partial charge in [0.1, 0.15) is 0 Å². The van der Waals surface area contributed by atoms with Crippen molar-refractivity contribution in [3.05, 3.63) is 35.4 Å². The third-order valence-corrected chi connectivity index (χ3v) is 4.95. The van der Waals surface area contributed by atoms with Crippen molar-refractivity contribution >= 4 is 19.1 Å². The second kappa shape index (κ2) is 7.18. The highest BCUT2D eigenvalue weighted by Gasteiger charge is 2.54. The van der Waals surface area contributed by atoms with Gasteiger partial charge in [0.25, 0.3) is 0 Å². The molecule has 1 aromatic rings. The van der Waals surface area contributed by atoms with Gasteiger partial charge in [-0.1, -0.05) is 12.1 Å². The van der Waals surface area contributed by atoms with Crippen molar-refractivity contribution in [1.82, 2.24) is 0 Å². The molecule has 1 aromatic carbocycles. The fourth-order valence-corrected chi connectivity index (χ4v) is 2.70. The van der Waals surface area contributed by atoms with E-state index in [-0.39, 0.29) is 12.4 Å². The van der Waals surface area contributed by atoms with Crippen LogP contribution in [0.1, 0.15) is 55.9 Å². The highest BCUT2D eigenvalue weighted by molar-refractivity contribution is 6.48. The van der Waals surface area contributed by atoms with Gasteiger partial charge in [0, 0.05) is 5.82 Å². The number of methoxy groups -OCH3 is 2. The maximum atomic E-state index is 11.9. The molecule has 1 aliphatic rings. The van der Waals surface area contributed by atoms with Crippen LogP contribution in [0.3, 0.4) is 0 Å². The van der Waals surface area contributed by atoms with E-state index in [0.717, 1.165) is 5.56 Å². The summed E-state index contributed by atoms with van der Waals surface area (Å²) in [6, 6.07) is 6.95. The second-order valence-corrected chi connectivity index (χ2v) is 7.13. The molecule has 1 heterocycles. The molecule has 0 spiro atoms. The van der Waals surface area contributed by atoms with E-state index in [0.29, 0.717) is 5.56 Å². The molecule has 0 saturated carbocycles. The van der Waals surface area contributed by atoms with Crippen LogP contribution in [-0.4, -0.2) is 44.5 Å². The van der Waals surface area contributed by atoms with E-state index in [2.05, 4.69) is 0 Å². The number of carbonyl (C=O) groups excluding carboxylic acids is 2. The number of esters is 2. The quantitative estimate of drug-likeness (QED) is 0.602. The first kappa shape index (κ1) is 19.5. The summed E-state index contributed by atoms with van der Waals surface area (Å²) in [6.07, 6.45) is 0.0813. The number of carbonyl (C=O) groups is 2. The summed E-state index contributed by atoms with van der Waals surface area (Å²) in [5.74, 6) is -1.21. The van der Waals surface area contributed by atoms with E-state index in [1.165, 1.54) is 14.2 Å². The predicted octanol–water partition coefficient (Wildman–Crippen LogP) is 2.75. The number of hydrogen-bond donors (Lipinski definition) is 0. The van der Waals surface area contributed by atoms with Gasteiger partial charge in [0.05, 0.1) is 37.4 Å². The van der Waals surface area contributed by atoms with Crippen molar-refractivity contribution in [2.24, 2.45) is 0 Å². The van der Waals surface area contributed by atoms with Gasteiger partial charge in [-0.25, -0.2) is 4.79 Å². The molecule has 0 radical (unpaired) electrons. The summed E-state index contributed by atoms with van der Waals surface area (Å²) in [5.41, 5.74) is 0.121. The molecule has 0 amide bonds. The minimum atomic E-state index is -0.628. The molecule has 0 N–H and O–H groups in total. The standard InChI is InChI=1S/C18H25BO6/c1-17(2)18(3,4)25-19(24-17)14(11-15(20)22-5)12-8-7-9-13(10-12)16(21)23-6/h7-10,14H,11H2,1-6H3. The van der Waals surface area contributed by atoms with Gasteiger partial charge in [0.2, 0.25) is 0 Å². The summed E-state index contributed by atoms with van der Waals surface area (Å²) in [7, 11) is 2.04. The zero-order chi connectivity index (χ0) is 18.8. The van der Waals surface area contributed by atoms with Crippen LogP contribution in [0.5, 0.6) is 0 Å². The fourth-order valence-electron chi connectivity index (χ4n) is 2.70. The van der Waals surface area contributed by atoms with Crippen molar-refractivity contribution in [2.75, 3.05) is 14.2 Å². The van der Waals surface area contributed by atoms with Crippen LogP contribution in [0.15, 0.2) is 24.3 Å². The minimum absolute atomic E-state index is 0.0813. The molecule has 2 rings (SSSR count). The molecule has 1 saturated heterocycles. The zero-order valence-electron chi connectivity index (χ0n) is 15.6. The average molecular weight is 348 g/mol. The summed E-state index contributed by atoms with van der Waals surface area (Å²) in [6.45, 7) is 7.81. The van der Waals surface area contributed by atoms with E-state index in [9.17, 15) is 9.59 Å². The second-order valence-electron chi connectivity index (χ2n) is 7.13. The molecular formula is C18H25BO6. The maximum Gasteiger partial charge on any atom is 0.466 e. The Bertz CT molecular complexity index is 639. The number of rotatable bonds is 5. The third kappa shape index (κ3) is 4.04. The lowest BCUT2D eigenvalue weighted by molar-refractivity contribution is -0.140. The van der Waals surface area contributed by atoms with Gasteiger partial charge in [0.15, 0.2) is 0 Å². The zero-order valence-corrected chi connectivity index (χ0v) is 15.6. The Kier molecular flexibility index (Phi) is 5.59. The molecule has 1 unspecified atom stereocenters. The Morgan fingerprint density at radius 1 is 1.08 bits per heavy atom. The topological polar surface area (TPSA) is 71.1 Å². The van der Waals surface area contributed by atoms with Crippen LogP contribution in [0.2, 0.25) is 0 Å². The van der Waals surface area contributed by atoms with Crippen LogP contribution in [-0.2, 0) is 23.6 Å². The van der Waals surface area contributed by atoms with Crippen LogP contribution in [0.25, 0.3) is 0 Å². The Labute approximate surface area is 148 Å². The molecule has 1 fully saturated rings. The SMILES string of the molecule is COC(=O)CC(B1OC(C)(C)C(C)(C)O1)c1cccc(C(=O)OC)c1. The van der Waals surface area contributed by atoms with Crippen molar-refractivity contribution < 1.29 is 28.4 Å². The molecule has 6 nitrogen and oxygen atoms in total. The van der Waals surface area contributed by atoms with Crippen LogP contribution >= 0.6 is 0 Å². The highest BCUT2D eigenvalue weighted by atomic mass is 16.7. The molecule has 136 valence electrons. The van der Waals surface area contributed by atoms with Gasteiger partial charge in [-0.15, -0.1) is 0 Å². The molecule has 0 bridgehead atoms. The van der Waals surface area contributed by atoms with Crippen molar-refractivity contribution in [3.63, 3.8) is 0 Å². The normalized spacial score (nSPS) is 19.4. The Morgan fingerprint density at radius 2 is 1.68 bits per heavy atom. The lowest BCUT2D eigenvalue weighted by atomic mass is 9.66. The molecule has 1 atom stereocenters. The highest BCUT2D eigenvalue weighted by Crippen LogP contribution is 2.41. The van der Waals surface area contributed by atoms with Crippen LogP contribution in [0.4, 0.5) is 0 Å². The molecule has 7 heteroatoms. The van der Waals surface area contributed by atoms with E-state index in [4.69, 9.17) is 18.8 Å². The van der Waals surface area contributed by atoms with Crippen LogP contribution < -0.4 is 0 Å². The number of benzene rings is 1. The van der Waals surface area contributed by atoms with Gasteiger partial charge in [-0.3, -0.25) is 4.79 Å². The summed E-state index contributed by atoms with van der Waals surface area (Å²) in [5, 5.41) is 0. The van der Waals surface area contributed by atoms with Crippen molar-refractivity contribution in [3.8, 4) is 0 Å². The third-order valence-electron chi connectivity index (χ3n) is 4.95. The maximum absolute atomic E-state index is 11.9. The van der Waals surface area contributed by atoms with Crippen LogP contribution in [0, 0.1) is 0 Å². The smallest absolute Gasteiger partial charge is 0.466 e. The van der Waals surface area contributed by atoms with Crippen molar-refractivity contribution in [2.45, 2.75) is 51.1 Å². The fraction of sp³-hybridized carbons (Fsp3) is 0.556. The number of ether oxygens (including phenoxy) is 2. The van der Waals surface area contributed by atoms with E-state index in [1.807, 2.05) is 33.8 Å². The summed E-state index contributed by atoms with van der Waals surface area (Å²) in [4.78, 5) is 23.7. The molecule has 0 aliphatic carbocycles. The Balaban J connectivity index is 2.38. The molecule has 0 aromatic heterocycles. The van der Waals surface area contributed by atoms with Gasteiger partial charge >= 0.3 is 19.1 Å².